The van der Waals surface area contributed by atoms with Crippen molar-refractivity contribution in [2.24, 2.45) is 7.05 Å². The Morgan fingerprint density at radius 1 is 1.37 bits per heavy atom. The number of aliphatic hydroxyl groups excluding tert-OH is 1. The van der Waals surface area contributed by atoms with E-state index in [1.165, 1.54) is 0 Å². The zero-order chi connectivity index (χ0) is 13.4. The van der Waals surface area contributed by atoms with Crippen LogP contribution in [0, 0.1) is 0 Å². The predicted octanol–water partition coefficient (Wildman–Crippen LogP) is 2.27. The lowest BCUT2D eigenvalue weighted by molar-refractivity contribution is 0.148. The second kappa shape index (κ2) is 4.79. The van der Waals surface area contributed by atoms with E-state index >= 15 is 0 Å². The van der Waals surface area contributed by atoms with Gasteiger partial charge in [0, 0.05) is 7.05 Å². The molecule has 0 radical (unpaired) electrons. The normalized spacial score (nSPS) is 13.0. The number of imidazole rings is 1. The van der Waals surface area contributed by atoms with E-state index in [2.05, 4.69) is 26.0 Å². The molecule has 6 heteroatoms. The third kappa shape index (κ3) is 2.17. The molecular formula is C13H13BrN4O. The number of halogens is 1. The van der Waals surface area contributed by atoms with Crippen LogP contribution in [0.4, 0.5) is 0 Å². The summed E-state index contributed by atoms with van der Waals surface area (Å²) in [5.41, 5.74) is 2.70. The smallest absolute Gasteiger partial charge is 0.115 e. The minimum atomic E-state index is -0.639. The van der Waals surface area contributed by atoms with Gasteiger partial charge in [0.05, 0.1) is 40.3 Å². The van der Waals surface area contributed by atoms with E-state index in [4.69, 9.17) is 0 Å². The Hall–Kier alpha value is -1.66. The summed E-state index contributed by atoms with van der Waals surface area (Å²) in [6.45, 7) is 0.443. The number of para-hydroxylation sites is 2. The van der Waals surface area contributed by atoms with Crippen molar-refractivity contribution < 1.29 is 5.11 Å². The molecule has 1 unspecified atom stereocenters. The third-order valence-electron chi connectivity index (χ3n) is 3.15. The summed E-state index contributed by atoms with van der Waals surface area (Å²) in [5.74, 6) is 0. The summed E-state index contributed by atoms with van der Waals surface area (Å²) in [4.78, 5) is 4.32. The highest BCUT2D eigenvalue weighted by Gasteiger charge is 2.17. The summed E-state index contributed by atoms with van der Waals surface area (Å²) >= 11 is 3.40. The van der Waals surface area contributed by atoms with Crippen LogP contribution in [0.1, 0.15) is 11.8 Å². The summed E-state index contributed by atoms with van der Waals surface area (Å²) in [7, 11) is 1.81. The molecule has 0 bridgehead atoms. The summed E-state index contributed by atoms with van der Waals surface area (Å²) in [6.07, 6.45) is 2.79. The van der Waals surface area contributed by atoms with Gasteiger partial charge in [-0.25, -0.2) is 4.98 Å². The summed E-state index contributed by atoms with van der Waals surface area (Å²) in [6, 6.07) is 7.87. The molecule has 3 rings (SSSR count). The van der Waals surface area contributed by atoms with Crippen LogP contribution in [0.15, 0.2) is 41.3 Å². The molecule has 1 aromatic carbocycles. The van der Waals surface area contributed by atoms with Gasteiger partial charge in [-0.3, -0.25) is 4.68 Å². The molecular weight excluding hydrogens is 308 g/mol. The van der Waals surface area contributed by atoms with Crippen LogP contribution >= 0.6 is 15.9 Å². The van der Waals surface area contributed by atoms with Gasteiger partial charge in [-0.15, -0.1) is 0 Å². The lowest BCUT2D eigenvalue weighted by atomic mass is 10.2. The number of fused-ring (bicyclic) bond motifs is 1. The Kier molecular flexibility index (Phi) is 3.12. The van der Waals surface area contributed by atoms with Crippen molar-refractivity contribution in [3.63, 3.8) is 0 Å². The molecule has 2 heterocycles. The van der Waals surface area contributed by atoms with Gasteiger partial charge < -0.3 is 9.67 Å². The maximum Gasteiger partial charge on any atom is 0.115 e. The van der Waals surface area contributed by atoms with E-state index in [9.17, 15) is 5.11 Å². The number of aryl methyl sites for hydroxylation is 1. The predicted molar refractivity (Wildman–Crippen MR) is 75.6 cm³/mol. The SMILES string of the molecule is Cn1ncc(Br)c1C(O)Cn1cnc2ccccc21. The highest BCUT2D eigenvalue weighted by Crippen LogP contribution is 2.24. The van der Waals surface area contributed by atoms with Crippen molar-refractivity contribution in [1.29, 1.82) is 0 Å². The number of hydrogen-bond acceptors (Lipinski definition) is 3. The summed E-state index contributed by atoms with van der Waals surface area (Å²) < 4.78 is 4.43. The number of nitrogens with zero attached hydrogens (tertiary/aromatic N) is 4. The van der Waals surface area contributed by atoms with E-state index in [1.807, 2.05) is 35.9 Å². The first-order chi connectivity index (χ1) is 9.16. The molecule has 19 heavy (non-hydrogen) atoms. The molecule has 1 atom stereocenters. The van der Waals surface area contributed by atoms with Gasteiger partial charge in [0.1, 0.15) is 6.10 Å². The van der Waals surface area contributed by atoms with Crippen LogP contribution in [-0.4, -0.2) is 24.4 Å². The fourth-order valence-corrected chi connectivity index (χ4v) is 2.84. The van der Waals surface area contributed by atoms with Gasteiger partial charge in [-0.05, 0) is 28.1 Å². The monoisotopic (exact) mass is 320 g/mol. The van der Waals surface area contributed by atoms with E-state index in [1.54, 1.807) is 17.2 Å². The Labute approximate surface area is 118 Å². The Morgan fingerprint density at radius 2 is 2.16 bits per heavy atom. The van der Waals surface area contributed by atoms with Crippen molar-refractivity contribution in [3.05, 3.63) is 47.0 Å². The highest BCUT2D eigenvalue weighted by molar-refractivity contribution is 9.10. The first kappa shape index (κ1) is 12.4. The number of benzene rings is 1. The Balaban J connectivity index is 1.93. The number of aliphatic hydroxyl groups is 1. The van der Waals surface area contributed by atoms with Crippen molar-refractivity contribution in [1.82, 2.24) is 19.3 Å². The standard InChI is InChI=1S/C13H13BrN4O/c1-17-13(9(14)6-16-17)12(19)7-18-8-15-10-4-2-3-5-11(10)18/h2-6,8,12,19H,7H2,1H3. The summed E-state index contributed by atoms with van der Waals surface area (Å²) in [5, 5.41) is 14.5. The minimum Gasteiger partial charge on any atom is -0.385 e. The molecule has 0 aliphatic heterocycles. The number of hydrogen-bond donors (Lipinski definition) is 1. The van der Waals surface area contributed by atoms with Gasteiger partial charge in [0.25, 0.3) is 0 Å². The lowest BCUT2D eigenvalue weighted by Crippen LogP contribution is -2.12. The van der Waals surface area contributed by atoms with Gasteiger partial charge >= 0.3 is 0 Å². The van der Waals surface area contributed by atoms with Gasteiger partial charge in [0.2, 0.25) is 0 Å². The fraction of sp³-hybridized carbons (Fsp3) is 0.231. The number of aromatic nitrogens is 4. The molecule has 2 aromatic heterocycles. The van der Waals surface area contributed by atoms with Crippen LogP contribution < -0.4 is 0 Å². The third-order valence-corrected chi connectivity index (χ3v) is 3.76. The lowest BCUT2D eigenvalue weighted by Gasteiger charge is -2.13. The largest absolute Gasteiger partial charge is 0.385 e. The van der Waals surface area contributed by atoms with Crippen molar-refractivity contribution >= 4 is 27.0 Å². The molecule has 3 aromatic rings. The van der Waals surface area contributed by atoms with Crippen molar-refractivity contribution in [2.75, 3.05) is 0 Å². The van der Waals surface area contributed by atoms with Gasteiger partial charge in [-0.1, -0.05) is 12.1 Å². The van der Waals surface area contributed by atoms with Crippen LogP contribution in [-0.2, 0) is 13.6 Å². The average molecular weight is 321 g/mol. The van der Waals surface area contributed by atoms with Crippen molar-refractivity contribution in [2.45, 2.75) is 12.6 Å². The van der Waals surface area contributed by atoms with E-state index in [0.29, 0.717) is 6.54 Å². The molecule has 0 aliphatic carbocycles. The second-order valence-corrected chi connectivity index (χ2v) is 5.26. The van der Waals surface area contributed by atoms with Gasteiger partial charge in [0.15, 0.2) is 0 Å². The van der Waals surface area contributed by atoms with Crippen LogP contribution in [0.2, 0.25) is 0 Å². The topological polar surface area (TPSA) is 55.9 Å². The molecule has 5 nitrogen and oxygen atoms in total. The zero-order valence-electron chi connectivity index (χ0n) is 10.4. The van der Waals surface area contributed by atoms with Gasteiger partial charge in [-0.2, -0.15) is 5.10 Å². The van der Waals surface area contributed by atoms with Crippen LogP contribution in [0.25, 0.3) is 11.0 Å². The van der Waals surface area contributed by atoms with E-state index in [0.717, 1.165) is 21.2 Å². The first-order valence-corrected chi connectivity index (χ1v) is 6.71. The molecule has 0 saturated heterocycles. The Morgan fingerprint density at radius 3 is 2.89 bits per heavy atom. The molecule has 1 N–H and O–H groups in total. The molecule has 98 valence electrons. The molecule has 0 spiro atoms. The minimum absolute atomic E-state index is 0.443. The second-order valence-electron chi connectivity index (χ2n) is 4.40. The first-order valence-electron chi connectivity index (χ1n) is 5.92. The quantitative estimate of drug-likeness (QED) is 0.805. The highest BCUT2D eigenvalue weighted by atomic mass is 79.9. The molecule has 0 saturated carbocycles. The van der Waals surface area contributed by atoms with E-state index in [-0.39, 0.29) is 0 Å². The maximum absolute atomic E-state index is 10.4. The average Bonchev–Trinajstić information content (AvgIpc) is 2.94. The van der Waals surface area contributed by atoms with E-state index < -0.39 is 6.10 Å². The van der Waals surface area contributed by atoms with Crippen LogP contribution in [0.5, 0.6) is 0 Å². The van der Waals surface area contributed by atoms with Crippen LogP contribution in [0.3, 0.4) is 0 Å². The van der Waals surface area contributed by atoms with Crippen molar-refractivity contribution in [3.8, 4) is 0 Å². The number of rotatable bonds is 3. The fourth-order valence-electron chi connectivity index (χ4n) is 2.22. The molecule has 0 aliphatic rings. The Bertz CT molecular complexity index is 699. The molecule has 0 amide bonds. The zero-order valence-corrected chi connectivity index (χ0v) is 11.9. The molecule has 0 fully saturated rings. The maximum atomic E-state index is 10.4.